The number of rotatable bonds is 4. The van der Waals surface area contributed by atoms with Gasteiger partial charge in [0.1, 0.15) is 0 Å². The topological polar surface area (TPSA) is 44.4 Å². The normalized spacial score (nSPS) is 22.4. The van der Waals surface area contributed by atoms with Crippen LogP contribution in [-0.2, 0) is 0 Å². The molecule has 4 heteroatoms. The van der Waals surface area contributed by atoms with E-state index in [1.54, 1.807) is 0 Å². The molecule has 0 bridgehead atoms. The molecule has 0 aromatic heterocycles. The molecule has 4 nitrogen and oxygen atoms in total. The lowest BCUT2D eigenvalue weighted by Gasteiger charge is -2.34. The Balaban J connectivity index is 1.91. The maximum atomic E-state index is 12.2. The Hall–Kier alpha value is -1.55. The maximum absolute atomic E-state index is 12.2. The zero-order valence-corrected chi connectivity index (χ0v) is 12.7. The van der Waals surface area contributed by atoms with Crippen molar-refractivity contribution in [2.75, 3.05) is 38.6 Å². The Kier molecular flexibility index (Phi) is 4.65. The van der Waals surface area contributed by atoms with Crippen molar-refractivity contribution >= 4 is 11.6 Å². The van der Waals surface area contributed by atoms with Crippen molar-refractivity contribution in [1.82, 2.24) is 10.6 Å². The van der Waals surface area contributed by atoms with E-state index >= 15 is 0 Å². The van der Waals surface area contributed by atoms with Crippen LogP contribution >= 0.6 is 0 Å². The van der Waals surface area contributed by atoms with Crippen LogP contribution in [0.5, 0.6) is 0 Å². The summed E-state index contributed by atoms with van der Waals surface area (Å²) in [6.07, 6.45) is 2.35. The quantitative estimate of drug-likeness (QED) is 0.882. The third-order valence-corrected chi connectivity index (χ3v) is 4.01. The zero-order chi connectivity index (χ0) is 14.6. The highest BCUT2D eigenvalue weighted by Gasteiger charge is 2.27. The van der Waals surface area contributed by atoms with E-state index in [2.05, 4.69) is 17.6 Å². The molecule has 0 aliphatic carbocycles. The molecule has 20 heavy (non-hydrogen) atoms. The van der Waals surface area contributed by atoms with Crippen molar-refractivity contribution in [3.63, 3.8) is 0 Å². The number of benzene rings is 1. The predicted octanol–water partition coefficient (Wildman–Crippen LogP) is 1.87. The number of carbonyl (C=O) groups excluding carboxylic acids is 1. The lowest BCUT2D eigenvalue weighted by atomic mass is 9.83. The fraction of sp³-hybridized carbons (Fsp3) is 0.562. The minimum Gasteiger partial charge on any atom is -0.378 e. The van der Waals surface area contributed by atoms with E-state index in [9.17, 15) is 4.79 Å². The lowest BCUT2D eigenvalue weighted by Crippen LogP contribution is -2.45. The number of anilines is 1. The van der Waals surface area contributed by atoms with Crippen LogP contribution in [0.2, 0.25) is 0 Å². The minimum atomic E-state index is 0.0158. The third-order valence-electron chi connectivity index (χ3n) is 4.01. The van der Waals surface area contributed by atoms with Crippen LogP contribution in [0.1, 0.15) is 30.1 Å². The van der Waals surface area contributed by atoms with Crippen LogP contribution in [0.3, 0.4) is 0 Å². The fourth-order valence-electron chi connectivity index (χ4n) is 2.58. The minimum absolute atomic E-state index is 0.0158. The summed E-state index contributed by atoms with van der Waals surface area (Å²) < 4.78 is 0. The van der Waals surface area contributed by atoms with Crippen LogP contribution in [0.15, 0.2) is 24.3 Å². The number of hydrogen-bond acceptors (Lipinski definition) is 3. The van der Waals surface area contributed by atoms with Gasteiger partial charge in [-0.25, -0.2) is 0 Å². The van der Waals surface area contributed by atoms with Crippen LogP contribution < -0.4 is 15.5 Å². The molecular formula is C16H25N3O. The van der Waals surface area contributed by atoms with Gasteiger partial charge in [-0.05, 0) is 49.1 Å². The maximum Gasteiger partial charge on any atom is 0.251 e. The van der Waals surface area contributed by atoms with E-state index in [1.165, 1.54) is 12.8 Å². The van der Waals surface area contributed by atoms with E-state index in [1.807, 2.05) is 43.3 Å². The molecule has 1 aromatic carbocycles. The highest BCUT2D eigenvalue weighted by Crippen LogP contribution is 2.24. The highest BCUT2D eigenvalue weighted by molar-refractivity contribution is 5.94. The lowest BCUT2D eigenvalue weighted by molar-refractivity contribution is 0.0924. The standard InChI is InChI=1S/C16H25N3O/c1-16(9-4-10-17-11-16)12-18-15(20)13-5-7-14(8-6-13)19(2)3/h5-8,17H,4,9-12H2,1-3H3,(H,18,20). The van der Waals surface area contributed by atoms with E-state index in [4.69, 9.17) is 0 Å². The van der Waals surface area contributed by atoms with Gasteiger partial charge in [0, 0.05) is 38.4 Å². The molecule has 110 valence electrons. The van der Waals surface area contributed by atoms with Gasteiger partial charge >= 0.3 is 0 Å². The van der Waals surface area contributed by atoms with Gasteiger partial charge in [0.25, 0.3) is 5.91 Å². The summed E-state index contributed by atoms with van der Waals surface area (Å²) in [5.41, 5.74) is 2.00. The first kappa shape index (κ1) is 14.9. The Labute approximate surface area is 121 Å². The molecular weight excluding hydrogens is 250 g/mol. The highest BCUT2D eigenvalue weighted by atomic mass is 16.1. The van der Waals surface area contributed by atoms with Crippen LogP contribution in [-0.4, -0.2) is 39.6 Å². The SMILES string of the molecule is CN(C)c1ccc(C(=O)NCC2(C)CCCNC2)cc1. The van der Waals surface area contributed by atoms with Gasteiger partial charge in [-0.2, -0.15) is 0 Å². The van der Waals surface area contributed by atoms with Crippen LogP contribution in [0, 0.1) is 5.41 Å². The molecule has 1 unspecified atom stereocenters. The molecule has 0 radical (unpaired) electrons. The van der Waals surface area contributed by atoms with Crippen molar-refractivity contribution < 1.29 is 4.79 Å². The van der Waals surface area contributed by atoms with Gasteiger partial charge < -0.3 is 15.5 Å². The Morgan fingerprint density at radius 2 is 2.05 bits per heavy atom. The molecule has 1 heterocycles. The second-order valence-corrected chi connectivity index (χ2v) is 6.21. The summed E-state index contributed by atoms with van der Waals surface area (Å²) in [4.78, 5) is 14.2. The molecule has 0 saturated carbocycles. The molecule has 1 saturated heterocycles. The monoisotopic (exact) mass is 275 g/mol. The summed E-state index contributed by atoms with van der Waals surface area (Å²) >= 11 is 0. The molecule has 2 N–H and O–H groups in total. The van der Waals surface area contributed by atoms with Crippen LogP contribution in [0.25, 0.3) is 0 Å². The van der Waals surface area contributed by atoms with E-state index < -0.39 is 0 Å². The summed E-state index contributed by atoms with van der Waals surface area (Å²) in [7, 11) is 3.98. The number of hydrogen-bond donors (Lipinski definition) is 2. The molecule has 1 aliphatic heterocycles. The largest absolute Gasteiger partial charge is 0.378 e. The van der Waals surface area contributed by atoms with Crippen molar-refractivity contribution in [3.05, 3.63) is 29.8 Å². The summed E-state index contributed by atoms with van der Waals surface area (Å²) in [6.45, 7) is 5.03. The van der Waals surface area contributed by atoms with E-state index in [0.717, 1.165) is 30.9 Å². The first-order chi connectivity index (χ1) is 9.50. The summed E-state index contributed by atoms with van der Waals surface area (Å²) in [5.74, 6) is 0.0158. The average molecular weight is 275 g/mol. The molecule has 0 spiro atoms. The molecule has 1 aliphatic rings. The number of nitrogens with zero attached hydrogens (tertiary/aromatic N) is 1. The summed E-state index contributed by atoms with van der Waals surface area (Å²) in [6, 6.07) is 7.70. The predicted molar refractivity (Wildman–Crippen MR) is 83.3 cm³/mol. The number of piperidine rings is 1. The fourth-order valence-corrected chi connectivity index (χ4v) is 2.58. The van der Waals surface area contributed by atoms with Gasteiger partial charge in [-0.15, -0.1) is 0 Å². The van der Waals surface area contributed by atoms with Crippen molar-refractivity contribution in [2.24, 2.45) is 5.41 Å². The van der Waals surface area contributed by atoms with E-state index in [-0.39, 0.29) is 11.3 Å². The number of amides is 1. The molecule has 1 aromatic rings. The number of nitrogens with one attached hydrogen (secondary N) is 2. The van der Waals surface area contributed by atoms with Gasteiger partial charge in [0.2, 0.25) is 0 Å². The molecule has 1 atom stereocenters. The van der Waals surface area contributed by atoms with Gasteiger partial charge in [-0.1, -0.05) is 6.92 Å². The average Bonchev–Trinajstić information content (AvgIpc) is 2.46. The smallest absolute Gasteiger partial charge is 0.251 e. The van der Waals surface area contributed by atoms with Gasteiger partial charge in [-0.3, -0.25) is 4.79 Å². The first-order valence-electron chi connectivity index (χ1n) is 7.26. The van der Waals surface area contributed by atoms with Gasteiger partial charge in [0.15, 0.2) is 0 Å². The zero-order valence-electron chi connectivity index (χ0n) is 12.7. The molecule has 2 rings (SSSR count). The Bertz CT molecular complexity index is 447. The van der Waals surface area contributed by atoms with Crippen molar-refractivity contribution in [1.29, 1.82) is 0 Å². The Morgan fingerprint density at radius 3 is 2.60 bits per heavy atom. The summed E-state index contributed by atoms with van der Waals surface area (Å²) in [5, 5.41) is 6.47. The second kappa shape index (κ2) is 6.27. The van der Waals surface area contributed by atoms with E-state index in [0.29, 0.717) is 0 Å². The third kappa shape index (κ3) is 3.73. The van der Waals surface area contributed by atoms with Crippen molar-refractivity contribution in [2.45, 2.75) is 19.8 Å². The number of carbonyl (C=O) groups is 1. The van der Waals surface area contributed by atoms with Gasteiger partial charge in [0.05, 0.1) is 0 Å². The molecule has 1 amide bonds. The second-order valence-electron chi connectivity index (χ2n) is 6.21. The Morgan fingerprint density at radius 1 is 1.35 bits per heavy atom. The molecule has 1 fully saturated rings. The van der Waals surface area contributed by atoms with Crippen LogP contribution in [0.4, 0.5) is 5.69 Å². The van der Waals surface area contributed by atoms with Crippen molar-refractivity contribution in [3.8, 4) is 0 Å². The first-order valence-corrected chi connectivity index (χ1v) is 7.26.